The Morgan fingerprint density at radius 2 is 1.67 bits per heavy atom. The van der Waals surface area contributed by atoms with Gasteiger partial charge in [-0.05, 0) is 56.7 Å². The fourth-order valence-electron chi connectivity index (χ4n) is 3.07. The smallest absolute Gasteiger partial charge is 0.244 e. The maximum Gasteiger partial charge on any atom is 0.244 e. The third kappa shape index (κ3) is 7.78. The summed E-state index contributed by atoms with van der Waals surface area (Å²) < 4.78 is 26.0. The Morgan fingerprint density at radius 3 is 2.21 bits per heavy atom. The molecule has 0 fully saturated rings. The summed E-state index contributed by atoms with van der Waals surface area (Å²) in [4.78, 5) is 27.4. The van der Waals surface area contributed by atoms with Crippen molar-refractivity contribution < 1.29 is 18.0 Å². The van der Waals surface area contributed by atoms with Crippen LogP contribution in [0.1, 0.15) is 26.3 Å². The second-order valence-electron chi connectivity index (χ2n) is 7.86. The third-order valence-corrected chi connectivity index (χ3v) is 6.83. The zero-order valence-corrected chi connectivity index (χ0v) is 21.8. The van der Waals surface area contributed by atoms with Crippen molar-refractivity contribution in [1.82, 2.24) is 10.2 Å². The van der Waals surface area contributed by atoms with Crippen molar-refractivity contribution in [3.63, 3.8) is 0 Å². The van der Waals surface area contributed by atoms with E-state index >= 15 is 0 Å². The van der Waals surface area contributed by atoms with E-state index in [1.165, 1.54) is 23.1 Å². The van der Waals surface area contributed by atoms with Gasteiger partial charge in [0, 0.05) is 17.6 Å². The molecule has 1 N–H and O–H groups in total. The summed E-state index contributed by atoms with van der Waals surface area (Å²) in [6, 6.07) is 10.2. The maximum atomic E-state index is 13.4. The summed E-state index contributed by atoms with van der Waals surface area (Å²) in [5.74, 6) is -0.932. The molecule has 0 saturated heterocycles. The number of nitrogens with zero attached hydrogens (tertiary/aromatic N) is 2. The molecule has 11 heteroatoms. The Morgan fingerprint density at radius 1 is 1.00 bits per heavy atom. The van der Waals surface area contributed by atoms with Gasteiger partial charge in [-0.2, -0.15) is 0 Å². The Bertz CT molecular complexity index is 1130. The molecular formula is C22H26Cl3N3O4S. The number of benzene rings is 2. The fourth-order valence-corrected chi connectivity index (χ4v) is 4.42. The van der Waals surface area contributed by atoms with Crippen molar-refractivity contribution in [2.24, 2.45) is 0 Å². The first-order valence-corrected chi connectivity index (χ1v) is 13.0. The molecule has 2 aromatic carbocycles. The van der Waals surface area contributed by atoms with Crippen LogP contribution in [0, 0.1) is 0 Å². The number of hydrogen-bond donors (Lipinski definition) is 1. The number of carbonyl (C=O) groups excluding carboxylic acids is 2. The number of halogens is 3. The molecule has 0 aliphatic heterocycles. The lowest BCUT2D eigenvalue weighted by Crippen LogP contribution is -2.52. The molecule has 2 amide bonds. The van der Waals surface area contributed by atoms with Crippen molar-refractivity contribution >= 4 is 62.3 Å². The van der Waals surface area contributed by atoms with E-state index in [0.29, 0.717) is 10.6 Å². The summed E-state index contributed by atoms with van der Waals surface area (Å²) in [7, 11) is -3.86. The van der Waals surface area contributed by atoms with E-state index in [1.807, 2.05) is 13.8 Å². The first-order chi connectivity index (χ1) is 15.3. The van der Waals surface area contributed by atoms with Crippen LogP contribution in [0.15, 0.2) is 42.5 Å². The van der Waals surface area contributed by atoms with Gasteiger partial charge >= 0.3 is 0 Å². The van der Waals surface area contributed by atoms with Crippen LogP contribution in [0.2, 0.25) is 15.1 Å². The first kappa shape index (κ1) is 27.2. The summed E-state index contributed by atoms with van der Waals surface area (Å²) in [6.45, 7) is 4.73. The molecule has 0 bridgehead atoms. The quantitative estimate of drug-likeness (QED) is 0.518. The molecule has 0 aliphatic carbocycles. The van der Waals surface area contributed by atoms with Crippen LogP contribution in [0.4, 0.5) is 5.69 Å². The average molecular weight is 535 g/mol. The Hall–Kier alpha value is -2.00. The molecule has 0 saturated carbocycles. The highest BCUT2D eigenvalue weighted by Crippen LogP contribution is 2.28. The first-order valence-electron chi connectivity index (χ1n) is 10.1. The number of carbonyl (C=O) groups is 2. The molecule has 0 aliphatic rings. The number of anilines is 1. The number of hydrogen-bond acceptors (Lipinski definition) is 4. The predicted molar refractivity (Wildman–Crippen MR) is 133 cm³/mol. The minimum absolute atomic E-state index is 0.0606. The molecule has 7 nitrogen and oxygen atoms in total. The highest BCUT2D eigenvalue weighted by Gasteiger charge is 2.30. The SMILES string of the molecule is CC(C)NC(=O)C(C)N(Cc1cccc(Cl)c1)C(=O)CN(c1ccc(Cl)c(Cl)c1)S(C)(=O)=O. The van der Waals surface area contributed by atoms with Crippen LogP contribution in [-0.4, -0.2) is 50.0 Å². The van der Waals surface area contributed by atoms with Crippen LogP contribution in [0.3, 0.4) is 0 Å². The van der Waals surface area contributed by atoms with Gasteiger partial charge in [0.1, 0.15) is 12.6 Å². The van der Waals surface area contributed by atoms with Gasteiger partial charge in [-0.3, -0.25) is 13.9 Å². The van der Waals surface area contributed by atoms with Crippen molar-refractivity contribution in [3.8, 4) is 0 Å². The second-order valence-corrected chi connectivity index (χ2v) is 11.0. The van der Waals surface area contributed by atoms with Gasteiger partial charge in [-0.25, -0.2) is 8.42 Å². The van der Waals surface area contributed by atoms with E-state index in [1.54, 1.807) is 31.2 Å². The molecule has 1 unspecified atom stereocenters. The highest BCUT2D eigenvalue weighted by molar-refractivity contribution is 7.92. The lowest BCUT2D eigenvalue weighted by molar-refractivity contribution is -0.139. The van der Waals surface area contributed by atoms with Crippen LogP contribution >= 0.6 is 34.8 Å². The highest BCUT2D eigenvalue weighted by atomic mass is 35.5. The lowest BCUT2D eigenvalue weighted by Gasteiger charge is -2.32. The molecule has 2 rings (SSSR count). The molecule has 180 valence electrons. The third-order valence-electron chi connectivity index (χ3n) is 4.71. The van der Waals surface area contributed by atoms with Gasteiger partial charge in [0.15, 0.2) is 0 Å². The lowest BCUT2D eigenvalue weighted by atomic mass is 10.1. The van der Waals surface area contributed by atoms with E-state index in [0.717, 1.165) is 10.6 Å². The summed E-state index contributed by atoms with van der Waals surface area (Å²) >= 11 is 18.1. The van der Waals surface area contributed by atoms with E-state index in [2.05, 4.69) is 5.32 Å². The van der Waals surface area contributed by atoms with Crippen molar-refractivity contribution in [3.05, 3.63) is 63.1 Å². The minimum Gasteiger partial charge on any atom is -0.352 e. The van der Waals surface area contributed by atoms with Crippen molar-refractivity contribution in [2.75, 3.05) is 17.1 Å². The average Bonchev–Trinajstić information content (AvgIpc) is 2.70. The Kier molecular flexibility index (Phi) is 9.43. The topological polar surface area (TPSA) is 86.8 Å². The largest absolute Gasteiger partial charge is 0.352 e. The van der Waals surface area contributed by atoms with E-state index in [-0.39, 0.29) is 34.2 Å². The minimum atomic E-state index is -3.86. The molecule has 0 heterocycles. The van der Waals surface area contributed by atoms with Crippen LogP contribution < -0.4 is 9.62 Å². The number of sulfonamides is 1. The fraction of sp³-hybridized carbons (Fsp3) is 0.364. The molecule has 0 radical (unpaired) electrons. The van der Waals surface area contributed by atoms with Crippen molar-refractivity contribution in [2.45, 2.75) is 39.4 Å². The number of rotatable bonds is 9. The summed E-state index contributed by atoms with van der Waals surface area (Å²) in [5.41, 5.74) is 0.878. The monoisotopic (exact) mass is 533 g/mol. The van der Waals surface area contributed by atoms with Gasteiger partial charge in [0.05, 0.1) is 22.0 Å². The van der Waals surface area contributed by atoms with Gasteiger partial charge in [0.2, 0.25) is 21.8 Å². The molecule has 2 aromatic rings. The molecular weight excluding hydrogens is 509 g/mol. The maximum absolute atomic E-state index is 13.4. The number of amides is 2. The number of nitrogens with one attached hydrogen (secondary N) is 1. The Balaban J connectivity index is 2.41. The molecule has 0 aromatic heterocycles. The van der Waals surface area contributed by atoms with Crippen LogP contribution in [0.5, 0.6) is 0 Å². The van der Waals surface area contributed by atoms with E-state index < -0.39 is 28.5 Å². The van der Waals surface area contributed by atoms with E-state index in [4.69, 9.17) is 34.8 Å². The van der Waals surface area contributed by atoms with Gasteiger partial charge in [-0.15, -0.1) is 0 Å². The van der Waals surface area contributed by atoms with Gasteiger partial charge < -0.3 is 10.2 Å². The normalized spacial score (nSPS) is 12.4. The second kappa shape index (κ2) is 11.4. The van der Waals surface area contributed by atoms with Crippen LogP contribution in [0.25, 0.3) is 0 Å². The zero-order valence-electron chi connectivity index (χ0n) is 18.7. The van der Waals surface area contributed by atoms with Crippen LogP contribution in [-0.2, 0) is 26.2 Å². The van der Waals surface area contributed by atoms with E-state index in [9.17, 15) is 18.0 Å². The standard InChI is InChI=1S/C22H26Cl3N3O4S/c1-14(2)26-22(30)15(3)27(12-16-6-5-7-17(23)10-16)21(29)13-28(33(4,31)32)18-8-9-19(24)20(25)11-18/h5-11,14-15H,12-13H2,1-4H3,(H,26,30). The molecule has 1 atom stereocenters. The summed E-state index contributed by atoms with van der Waals surface area (Å²) in [5, 5.41) is 3.66. The molecule has 0 spiro atoms. The summed E-state index contributed by atoms with van der Waals surface area (Å²) in [6.07, 6.45) is 0.985. The predicted octanol–water partition coefficient (Wildman–Crippen LogP) is 4.35. The Labute approximate surface area is 209 Å². The molecule has 33 heavy (non-hydrogen) atoms. The van der Waals surface area contributed by atoms with Gasteiger partial charge in [-0.1, -0.05) is 46.9 Å². The van der Waals surface area contributed by atoms with Gasteiger partial charge in [0.25, 0.3) is 0 Å². The zero-order chi connectivity index (χ0) is 24.9. The van der Waals surface area contributed by atoms with Crippen molar-refractivity contribution in [1.29, 1.82) is 0 Å².